The molecular weight excluding hydrogens is 442 g/mol. The van der Waals surface area contributed by atoms with Gasteiger partial charge in [-0.05, 0) is 48.9 Å². The van der Waals surface area contributed by atoms with E-state index in [1.807, 2.05) is 0 Å². The molecule has 0 radical (unpaired) electrons. The first-order chi connectivity index (χ1) is 15.6. The number of alkyl halides is 3. The molecule has 2 heterocycles. The van der Waals surface area contributed by atoms with Gasteiger partial charge >= 0.3 is 6.18 Å². The molecule has 0 bridgehead atoms. The highest BCUT2D eigenvalue weighted by atomic mass is 19.4. The van der Waals surface area contributed by atoms with Gasteiger partial charge in [-0.25, -0.2) is 9.37 Å². The molecule has 1 N–H and O–H groups in total. The number of nitrogens with zero attached hydrogens (tertiary/aromatic N) is 2. The van der Waals surface area contributed by atoms with Crippen molar-refractivity contribution < 1.29 is 31.9 Å². The molecule has 2 aromatic carbocycles. The first-order valence-corrected chi connectivity index (χ1v) is 9.86. The van der Waals surface area contributed by atoms with E-state index in [1.165, 1.54) is 17.9 Å². The van der Waals surface area contributed by atoms with Gasteiger partial charge in [-0.1, -0.05) is 12.1 Å². The second kappa shape index (κ2) is 8.53. The highest BCUT2D eigenvalue weighted by Crippen LogP contribution is 2.36. The molecule has 4 rings (SSSR count). The Morgan fingerprint density at radius 1 is 1.09 bits per heavy atom. The van der Waals surface area contributed by atoms with Crippen molar-refractivity contribution in [2.75, 3.05) is 16.8 Å². The lowest BCUT2D eigenvalue weighted by Gasteiger charge is -2.29. The number of anilines is 2. The van der Waals surface area contributed by atoms with E-state index >= 15 is 0 Å². The van der Waals surface area contributed by atoms with Crippen molar-refractivity contribution in [1.29, 1.82) is 0 Å². The smallest absolute Gasteiger partial charge is 0.416 e. The number of nitrogens with one attached hydrogen (secondary N) is 1. The first kappa shape index (κ1) is 22.3. The lowest BCUT2D eigenvalue weighted by Crippen LogP contribution is -2.38. The zero-order valence-corrected chi connectivity index (χ0v) is 17.2. The van der Waals surface area contributed by atoms with E-state index in [4.69, 9.17) is 4.74 Å². The van der Waals surface area contributed by atoms with E-state index in [9.17, 15) is 27.2 Å². The van der Waals surface area contributed by atoms with E-state index in [2.05, 4.69) is 10.3 Å². The van der Waals surface area contributed by atoms with Crippen LogP contribution in [0.1, 0.15) is 28.4 Å². The largest absolute Gasteiger partial charge is 0.454 e. The first-order valence-electron chi connectivity index (χ1n) is 9.86. The zero-order chi connectivity index (χ0) is 23.8. The number of amides is 2. The molecule has 0 aliphatic carbocycles. The Morgan fingerprint density at radius 2 is 1.85 bits per heavy atom. The van der Waals surface area contributed by atoms with Crippen LogP contribution in [0.2, 0.25) is 0 Å². The van der Waals surface area contributed by atoms with E-state index in [0.29, 0.717) is 35.2 Å². The molecule has 3 aromatic rings. The maximum atomic E-state index is 14.2. The van der Waals surface area contributed by atoms with Gasteiger partial charge in [0.2, 0.25) is 5.91 Å². The maximum Gasteiger partial charge on any atom is 0.416 e. The number of rotatable bonds is 4. The van der Waals surface area contributed by atoms with E-state index < -0.39 is 17.6 Å². The third kappa shape index (κ3) is 4.64. The molecule has 0 unspecified atom stereocenters. The quantitative estimate of drug-likeness (QED) is 0.545. The Bertz CT molecular complexity index is 1240. The molecule has 0 saturated heterocycles. The van der Waals surface area contributed by atoms with Crippen LogP contribution in [0.4, 0.5) is 29.2 Å². The summed E-state index contributed by atoms with van der Waals surface area (Å²) < 4.78 is 58.1. The van der Waals surface area contributed by atoms with Gasteiger partial charge in [-0.3, -0.25) is 14.5 Å². The van der Waals surface area contributed by atoms with Crippen molar-refractivity contribution in [2.24, 2.45) is 0 Å². The number of fused-ring (bicyclic) bond motifs is 1. The van der Waals surface area contributed by atoms with Crippen LogP contribution in [-0.4, -0.2) is 23.3 Å². The standard InChI is InChI=1S/C23H17F4N3O3/c1-13(31)28-20-6-3-7-21(29-20)30-11-10-15-16(22(30)32)4-2-5-18(15)33-19-9-8-14(12-17(19)24)23(25,26)27/h2-9,12H,10-11H2,1H3,(H,28,29,31). The summed E-state index contributed by atoms with van der Waals surface area (Å²) in [6.45, 7) is 1.58. The van der Waals surface area contributed by atoms with Crippen molar-refractivity contribution in [3.05, 3.63) is 77.1 Å². The highest BCUT2D eigenvalue weighted by molar-refractivity contribution is 6.08. The van der Waals surface area contributed by atoms with Crippen LogP contribution in [0, 0.1) is 5.82 Å². The average molecular weight is 459 g/mol. The van der Waals surface area contributed by atoms with Gasteiger partial charge in [0, 0.05) is 24.6 Å². The molecule has 0 fully saturated rings. The van der Waals surface area contributed by atoms with Crippen molar-refractivity contribution in [1.82, 2.24) is 4.98 Å². The molecule has 33 heavy (non-hydrogen) atoms. The SMILES string of the molecule is CC(=O)Nc1cccc(N2CCc3c(Oc4ccc(C(F)(F)F)cc4F)cccc3C2=O)n1. The number of benzene rings is 2. The summed E-state index contributed by atoms with van der Waals surface area (Å²) in [6, 6.07) is 11.5. The predicted octanol–water partition coefficient (Wildman–Crippen LogP) is 5.19. The summed E-state index contributed by atoms with van der Waals surface area (Å²) in [5.41, 5.74) is -0.309. The molecule has 170 valence electrons. The molecular formula is C23H17F4N3O3. The second-order valence-corrected chi connectivity index (χ2v) is 7.30. The number of carbonyl (C=O) groups excluding carboxylic acids is 2. The maximum absolute atomic E-state index is 14.2. The normalized spacial score (nSPS) is 13.5. The number of carbonyl (C=O) groups is 2. The van der Waals surface area contributed by atoms with Gasteiger partial charge in [0.15, 0.2) is 11.6 Å². The third-order valence-corrected chi connectivity index (χ3v) is 4.99. The van der Waals surface area contributed by atoms with Crippen LogP contribution in [0.25, 0.3) is 0 Å². The number of hydrogen-bond acceptors (Lipinski definition) is 4. The minimum atomic E-state index is -4.67. The minimum Gasteiger partial charge on any atom is -0.454 e. The van der Waals surface area contributed by atoms with Crippen molar-refractivity contribution in [3.63, 3.8) is 0 Å². The number of hydrogen-bond donors (Lipinski definition) is 1. The fourth-order valence-electron chi connectivity index (χ4n) is 3.51. The Morgan fingerprint density at radius 3 is 2.55 bits per heavy atom. The van der Waals surface area contributed by atoms with Gasteiger partial charge in [-0.15, -0.1) is 0 Å². The Kier molecular flexibility index (Phi) is 5.75. The third-order valence-electron chi connectivity index (χ3n) is 4.99. The Labute approximate surface area is 185 Å². The predicted molar refractivity (Wildman–Crippen MR) is 112 cm³/mol. The van der Waals surface area contributed by atoms with E-state index in [0.717, 1.165) is 12.1 Å². The molecule has 1 aromatic heterocycles. The summed E-state index contributed by atoms with van der Waals surface area (Å²) >= 11 is 0. The number of aromatic nitrogens is 1. The molecule has 6 nitrogen and oxygen atoms in total. The van der Waals surface area contributed by atoms with Crippen LogP contribution in [0.5, 0.6) is 11.5 Å². The molecule has 1 aliphatic heterocycles. The number of halogens is 4. The number of pyridine rings is 1. The lowest BCUT2D eigenvalue weighted by atomic mass is 9.98. The molecule has 0 saturated carbocycles. The van der Waals surface area contributed by atoms with Gasteiger partial charge in [0.1, 0.15) is 17.4 Å². The van der Waals surface area contributed by atoms with E-state index in [-0.39, 0.29) is 29.9 Å². The van der Waals surface area contributed by atoms with Crippen molar-refractivity contribution in [2.45, 2.75) is 19.5 Å². The summed E-state index contributed by atoms with van der Waals surface area (Å²) in [5.74, 6) is -1.39. The van der Waals surface area contributed by atoms with Crippen LogP contribution < -0.4 is 15.0 Å². The van der Waals surface area contributed by atoms with Crippen molar-refractivity contribution in [3.8, 4) is 11.5 Å². The molecule has 1 aliphatic rings. The van der Waals surface area contributed by atoms with Gasteiger partial charge in [0.05, 0.1) is 5.56 Å². The van der Waals surface area contributed by atoms with Crippen LogP contribution in [0.15, 0.2) is 54.6 Å². The zero-order valence-electron chi connectivity index (χ0n) is 17.2. The Hall–Kier alpha value is -3.95. The summed E-state index contributed by atoms with van der Waals surface area (Å²) in [6.07, 6.45) is -4.34. The fourth-order valence-corrected chi connectivity index (χ4v) is 3.51. The molecule has 2 amide bonds. The van der Waals surface area contributed by atoms with Gasteiger partial charge < -0.3 is 10.1 Å². The van der Waals surface area contributed by atoms with E-state index in [1.54, 1.807) is 30.3 Å². The monoisotopic (exact) mass is 459 g/mol. The van der Waals surface area contributed by atoms with Crippen molar-refractivity contribution >= 4 is 23.5 Å². The molecule has 10 heteroatoms. The summed E-state index contributed by atoms with van der Waals surface area (Å²) in [4.78, 5) is 30.1. The fraction of sp³-hybridized carbons (Fsp3) is 0.174. The average Bonchev–Trinajstić information content (AvgIpc) is 2.75. The lowest BCUT2D eigenvalue weighted by molar-refractivity contribution is -0.137. The second-order valence-electron chi connectivity index (χ2n) is 7.30. The molecule has 0 atom stereocenters. The summed E-state index contributed by atoms with van der Waals surface area (Å²) in [5, 5.41) is 2.56. The van der Waals surface area contributed by atoms with Gasteiger partial charge in [-0.2, -0.15) is 13.2 Å². The minimum absolute atomic E-state index is 0.180. The molecule has 0 spiro atoms. The Balaban J connectivity index is 1.61. The van der Waals surface area contributed by atoms with Crippen LogP contribution >= 0.6 is 0 Å². The van der Waals surface area contributed by atoms with Crippen LogP contribution in [0.3, 0.4) is 0 Å². The highest BCUT2D eigenvalue weighted by Gasteiger charge is 2.32. The topological polar surface area (TPSA) is 71.5 Å². The van der Waals surface area contributed by atoms with Crippen LogP contribution in [-0.2, 0) is 17.4 Å². The van der Waals surface area contributed by atoms with Gasteiger partial charge in [0.25, 0.3) is 5.91 Å². The summed E-state index contributed by atoms with van der Waals surface area (Å²) in [7, 11) is 0. The number of ether oxygens (including phenoxy) is 1.